The maximum Gasteiger partial charge on any atom is 0.316 e. The highest BCUT2D eigenvalue weighted by Gasteiger charge is 2.50. The summed E-state index contributed by atoms with van der Waals surface area (Å²) in [5, 5.41) is 0.511. The number of nitrogens with zero attached hydrogens (tertiary/aromatic N) is 2. The number of allylic oxidation sites excluding steroid dienone is 2. The predicted molar refractivity (Wildman–Crippen MR) is 126 cm³/mol. The fraction of sp³-hybridized carbons (Fsp3) is 0.308. The van der Waals surface area contributed by atoms with Crippen molar-refractivity contribution < 1.29 is 23.9 Å². The lowest BCUT2D eigenvalue weighted by Crippen LogP contribution is -2.31. The van der Waals surface area contributed by atoms with Crippen molar-refractivity contribution in [1.82, 2.24) is 0 Å². The lowest BCUT2D eigenvalue weighted by molar-refractivity contribution is -0.139. The highest BCUT2D eigenvalue weighted by molar-refractivity contribution is 6.31. The summed E-state index contributed by atoms with van der Waals surface area (Å²) in [7, 11) is 0. The molecule has 5 rings (SSSR count). The Bertz CT molecular complexity index is 1210. The number of rotatable bonds is 4. The van der Waals surface area contributed by atoms with Crippen molar-refractivity contribution in [3.05, 3.63) is 65.7 Å². The first-order chi connectivity index (χ1) is 16.3. The van der Waals surface area contributed by atoms with Crippen molar-refractivity contribution in [2.45, 2.75) is 19.8 Å². The van der Waals surface area contributed by atoms with Gasteiger partial charge in [0.15, 0.2) is 0 Å². The molecule has 0 bridgehead atoms. The molecule has 1 aliphatic carbocycles. The number of amides is 3. The lowest BCUT2D eigenvalue weighted by atomic mass is 9.78. The fourth-order valence-electron chi connectivity index (χ4n) is 5.02. The maximum absolute atomic E-state index is 12.9. The zero-order chi connectivity index (χ0) is 24.0. The van der Waals surface area contributed by atoms with Crippen LogP contribution in [0.1, 0.15) is 19.8 Å². The molecule has 0 spiro atoms. The van der Waals surface area contributed by atoms with Gasteiger partial charge in [-0.05, 0) is 54.8 Å². The van der Waals surface area contributed by atoms with Crippen molar-refractivity contribution in [3.63, 3.8) is 0 Å². The number of ether oxygens (including phenoxy) is 1. The molecule has 4 atom stereocenters. The second kappa shape index (κ2) is 8.72. The number of carbonyl (C=O) groups excluding carboxylic acids is 4. The Balaban J connectivity index is 1.25. The number of benzene rings is 2. The molecular weight excluding hydrogens is 456 g/mol. The SMILES string of the molecule is C[C@@H]1C=CC[C@@H]2C(=O)N(c3ccc(OC(=O)[C@H]4CC(=O)N(c5cccc(Cl)c5)C4)cc3)C(=O)[C@@H]12. The number of hydrogen-bond acceptors (Lipinski definition) is 5. The van der Waals surface area contributed by atoms with Crippen molar-refractivity contribution in [2.75, 3.05) is 16.3 Å². The lowest BCUT2D eigenvalue weighted by Gasteiger charge is -2.22. The highest BCUT2D eigenvalue weighted by atomic mass is 35.5. The van der Waals surface area contributed by atoms with E-state index in [0.29, 0.717) is 22.8 Å². The van der Waals surface area contributed by atoms with Crippen LogP contribution in [0, 0.1) is 23.7 Å². The Kier molecular flexibility index (Phi) is 5.73. The number of esters is 1. The van der Waals surface area contributed by atoms with E-state index in [-0.39, 0.29) is 54.2 Å². The summed E-state index contributed by atoms with van der Waals surface area (Å²) < 4.78 is 5.50. The molecule has 2 fully saturated rings. The summed E-state index contributed by atoms with van der Waals surface area (Å²) in [6.07, 6.45) is 4.57. The van der Waals surface area contributed by atoms with Gasteiger partial charge in [-0.2, -0.15) is 0 Å². The van der Waals surface area contributed by atoms with Crippen LogP contribution in [0.3, 0.4) is 0 Å². The normalized spacial score (nSPS) is 26.2. The molecule has 2 saturated heterocycles. The van der Waals surface area contributed by atoms with E-state index in [4.69, 9.17) is 16.3 Å². The number of fused-ring (bicyclic) bond motifs is 1. The fourth-order valence-corrected chi connectivity index (χ4v) is 5.21. The summed E-state index contributed by atoms with van der Waals surface area (Å²) >= 11 is 6.02. The van der Waals surface area contributed by atoms with Crippen LogP contribution >= 0.6 is 11.6 Å². The molecule has 174 valence electrons. The summed E-state index contributed by atoms with van der Waals surface area (Å²) in [4.78, 5) is 53.7. The van der Waals surface area contributed by atoms with Crippen LogP contribution in [-0.4, -0.2) is 30.2 Å². The van der Waals surface area contributed by atoms with Gasteiger partial charge in [0.2, 0.25) is 17.7 Å². The van der Waals surface area contributed by atoms with E-state index in [1.54, 1.807) is 48.5 Å². The van der Waals surface area contributed by atoms with Crippen LogP contribution in [0.2, 0.25) is 5.02 Å². The third-order valence-corrected chi connectivity index (χ3v) is 7.00. The number of halogens is 1. The first-order valence-corrected chi connectivity index (χ1v) is 11.6. The summed E-state index contributed by atoms with van der Waals surface area (Å²) in [6.45, 7) is 2.16. The van der Waals surface area contributed by atoms with E-state index in [0.717, 1.165) is 0 Å². The summed E-state index contributed by atoms with van der Waals surface area (Å²) in [6, 6.07) is 13.2. The second-order valence-electron chi connectivity index (χ2n) is 8.97. The minimum absolute atomic E-state index is 0.0148. The average Bonchev–Trinajstić information content (AvgIpc) is 3.33. The quantitative estimate of drug-likeness (QED) is 0.287. The van der Waals surface area contributed by atoms with Crippen molar-refractivity contribution in [3.8, 4) is 5.75 Å². The van der Waals surface area contributed by atoms with Crippen LogP contribution in [0.15, 0.2) is 60.7 Å². The number of carbonyl (C=O) groups is 4. The Morgan fingerprint density at radius 2 is 1.79 bits per heavy atom. The molecule has 3 aliphatic rings. The third kappa shape index (κ3) is 3.90. The number of hydrogen-bond donors (Lipinski definition) is 0. The monoisotopic (exact) mass is 478 g/mol. The number of imide groups is 1. The zero-order valence-corrected chi connectivity index (χ0v) is 19.3. The van der Waals surface area contributed by atoms with E-state index < -0.39 is 11.9 Å². The average molecular weight is 479 g/mol. The Hall–Kier alpha value is -3.45. The van der Waals surface area contributed by atoms with Gasteiger partial charge in [0, 0.05) is 23.7 Å². The highest BCUT2D eigenvalue weighted by Crippen LogP contribution is 2.40. The molecule has 2 aromatic rings. The van der Waals surface area contributed by atoms with Crippen molar-refractivity contribution >= 4 is 46.7 Å². The molecule has 2 heterocycles. The molecule has 2 aliphatic heterocycles. The molecule has 3 amide bonds. The third-order valence-electron chi connectivity index (χ3n) is 6.76. The number of anilines is 2. The topological polar surface area (TPSA) is 84.0 Å². The second-order valence-corrected chi connectivity index (χ2v) is 9.40. The van der Waals surface area contributed by atoms with Gasteiger partial charge in [-0.3, -0.25) is 24.1 Å². The summed E-state index contributed by atoms with van der Waals surface area (Å²) in [5.74, 6) is -2.03. The standard InChI is InChI=1S/C26H23ClN2O5/c1-15-4-2-7-21-23(15)25(32)29(24(21)31)18-8-10-20(11-9-18)34-26(33)16-12-22(30)28(14-16)19-6-3-5-17(27)13-19/h2-6,8-11,13,15-16,21,23H,7,12,14H2,1H3/t15-,16+,21+,23+/m1/s1. The molecule has 0 saturated carbocycles. The molecule has 8 heteroatoms. The first kappa shape index (κ1) is 22.3. The summed E-state index contributed by atoms with van der Waals surface area (Å²) in [5.41, 5.74) is 1.10. The minimum atomic E-state index is -0.606. The first-order valence-electron chi connectivity index (χ1n) is 11.3. The van der Waals surface area contributed by atoms with E-state index in [1.165, 1.54) is 9.80 Å². The smallest absolute Gasteiger partial charge is 0.316 e. The van der Waals surface area contributed by atoms with Gasteiger partial charge in [-0.25, -0.2) is 0 Å². The molecule has 0 aromatic heterocycles. The molecule has 34 heavy (non-hydrogen) atoms. The van der Waals surface area contributed by atoms with Gasteiger partial charge in [-0.15, -0.1) is 0 Å². The van der Waals surface area contributed by atoms with Gasteiger partial charge >= 0.3 is 5.97 Å². The van der Waals surface area contributed by atoms with E-state index in [9.17, 15) is 19.2 Å². The van der Waals surface area contributed by atoms with Gasteiger partial charge in [0.25, 0.3) is 0 Å². The van der Waals surface area contributed by atoms with E-state index in [2.05, 4.69) is 0 Å². The van der Waals surface area contributed by atoms with Gasteiger partial charge in [0.05, 0.1) is 23.4 Å². The van der Waals surface area contributed by atoms with Crippen LogP contribution in [0.25, 0.3) is 0 Å². The molecule has 0 radical (unpaired) electrons. The molecular formula is C26H23ClN2O5. The van der Waals surface area contributed by atoms with Gasteiger partial charge < -0.3 is 9.64 Å². The van der Waals surface area contributed by atoms with Crippen molar-refractivity contribution in [1.29, 1.82) is 0 Å². The van der Waals surface area contributed by atoms with Crippen molar-refractivity contribution in [2.24, 2.45) is 23.7 Å². The van der Waals surface area contributed by atoms with Gasteiger partial charge in [-0.1, -0.05) is 36.7 Å². The van der Waals surface area contributed by atoms with E-state index in [1.807, 2.05) is 19.1 Å². The Labute approximate surface area is 201 Å². The largest absolute Gasteiger partial charge is 0.426 e. The molecule has 2 aromatic carbocycles. The molecule has 0 N–H and O–H groups in total. The van der Waals surface area contributed by atoms with Crippen LogP contribution in [0.4, 0.5) is 11.4 Å². The van der Waals surface area contributed by atoms with Crippen LogP contribution in [0.5, 0.6) is 5.75 Å². The van der Waals surface area contributed by atoms with E-state index >= 15 is 0 Å². The Morgan fingerprint density at radius 3 is 2.50 bits per heavy atom. The zero-order valence-electron chi connectivity index (χ0n) is 18.5. The van der Waals surface area contributed by atoms with Gasteiger partial charge in [0.1, 0.15) is 5.75 Å². The molecule has 7 nitrogen and oxygen atoms in total. The van der Waals surface area contributed by atoms with Crippen LogP contribution < -0.4 is 14.5 Å². The van der Waals surface area contributed by atoms with Crippen LogP contribution in [-0.2, 0) is 19.2 Å². The maximum atomic E-state index is 12.9. The predicted octanol–water partition coefficient (Wildman–Crippen LogP) is 4.00. The molecule has 0 unspecified atom stereocenters. The Morgan fingerprint density at radius 1 is 1.03 bits per heavy atom. The minimum Gasteiger partial charge on any atom is -0.426 e.